The number of hydrogen-bond donors (Lipinski definition) is 1. The zero-order valence-electron chi connectivity index (χ0n) is 16.4. The van der Waals surface area contributed by atoms with Crippen LogP contribution in [0.25, 0.3) is 11.4 Å². The minimum atomic E-state index is -2.98. The quantitative estimate of drug-likeness (QED) is 0.507. The third-order valence-electron chi connectivity index (χ3n) is 4.36. The molecule has 0 amide bonds. The molecule has 0 atom stereocenters. The van der Waals surface area contributed by atoms with Gasteiger partial charge in [0.1, 0.15) is 5.82 Å². The molecule has 1 aliphatic rings. The van der Waals surface area contributed by atoms with Crippen LogP contribution < -0.4 is 14.8 Å². The van der Waals surface area contributed by atoms with Crippen molar-refractivity contribution in [1.29, 1.82) is 0 Å². The van der Waals surface area contributed by atoms with E-state index < -0.39 is 12.6 Å². The van der Waals surface area contributed by atoms with Crippen molar-refractivity contribution in [2.24, 2.45) is 0 Å². The molecule has 162 valence electrons. The van der Waals surface area contributed by atoms with E-state index in [9.17, 15) is 13.6 Å². The van der Waals surface area contributed by atoms with Gasteiger partial charge in [-0.25, -0.2) is 9.78 Å². The number of nitrogens with one attached hydrogen (secondary N) is 1. The molecule has 1 aromatic carbocycles. The van der Waals surface area contributed by atoms with Gasteiger partial charge in [-0.3, -0.25) is 0 Å². The van der Waals surface area contributed by atoms with Crippen molar-refractivity contribution >= 4 is 11.8 Å². The smallest absolute Gasteiger partial charge is 0.387 e. The lowest BCUT2D eigenvalue weighted by molar-refractivity contribution is -0.0512. The number of esters is 1. The van der Waals surface area contributed by atoms with Crippen molar-refractivity contribution in [3.05, 3.63) is 48.0 Å². The molecule has 11 heteroatoms. The van der Waals surface area contributed by atoms with Gasteiger partial charge in [-0.05, 0) is 43.2 Å². The fraction of sp³-hybridized carbons (Fsp3) is 0.300. The van der Waals surface area contributed by atoms with Crippen LogP contribution in [0.2, 0.25) is 0 Å². The van der Waals surface area contributed by atoms with Gasteiger partial charge >= 0.3 is 12.6 Å². The van der Waals surface area contributed by atoms with Crippen LogP contribution in [-0.4, -0.2) is 40.9 Å². The highest BCUT2D eigenvalue weighted by molar-refractivity contribution is 5.89. The van der Waals surface area contributed by atoms with Crippen LogP contribution >= 0.6 is 0 Å². The van der Waals surface area contributed by atoms with Gasteiger partial charge in [0.25, 0.3) is 5.89 Å². The van der Waals surface area contributed by atoms with Crippen LogP contribution in [0.15, 0.2) is 41.1 Å². The largest absolute Gasteiger partial charge is 0.493 e. The van der Waals surface area contributed by atoms with Crippen molar-refractivity contribution in [2.45, 2.75) is 32.1 Å². The molecule has 0 unspecified atom stereocenters. The standard InChI is InChI=1S/C20H18F2N4O5/c1-28-15-8-11(2-6-14(15)30-20(21)22)18-25-17(31-26-18)10-29-19(27)12-3-7-16(23-9-12)24-13-4-5-13/h2-3,6-9,13,20H,4-5,10H2,1H3,(H,23,24). The van der Waals surface area contributed by atoms with Gasteiger partial charge in [-0.1, -0.05) is 5.16 Å². The topological polar surface area (TPSA) is 109 Å². The molecule has 1 aliphatic carbocycles. The van der Waals surface area contributed by atoms with E-state index in [4.69, 9.17) is 14.0 Å². The number of aromatic nitrogens is 3. The number of rotatable bonds is 9. The highest BCUT2D eigenvalue weighted by Crippen LogP contribution is 2.32. The number of pyridine rings is 1. The van der Waals surface area contributed by atoms with Gasteiger partial charge in [0.15, 0.2) is 18.1 Å². The number of carbonyl (C=O) groups is 1. The summed E-state index contributed by atoms with van der Waals surface area (Å²) in [5.41, 5.74) is 0.739. The van der Waals surface area contributed by atoms with Crippen molar-refractivity contribution < 1.29 is 32.3 Å². The molecule has 1 saturated carbocycles. The molecule has 0 saturated heterocycles. The Morgan fingerprint density at radius 3 is 2.77 bits per heavy atom. The second-order valence-electron chi connectivity index (χ2n) is 6.68. The average Bonchev–Trinajstić information content (AvgIpc) is 3.45. The third kappa shape index (κ3) is 5.24. The second-order valence-corrected chi connectivity index (χ2v) is 6.68. The summed E-state index contributed by atoms with van der Waals surface area (Å²) in [6, 6.07) is 8.02. The van der Waals surface area contributed by atoms with Crippen LogP contribution in [0.3, 0.4) is 0 Å². The molecule has 9 nitrogen and oxygen atoms in total. The molecule has 4 rings (SSSR count). The van der Waals surface area contributed by atoms with Crippen LogP contribution in [0, 0.1) is 0 Å². The van der Waals surface area contributed by atoms with Gasteiger partial charge < -0.3 is 24.1 Å². The van der Waals surface area contributed by atoms with Gasteiger partial charge in [0.05, 0.1) is 12.7 Å². The van der Waals surface area contributed by atoms with Gasteiger partial charge in [0.2, 0.25) is 5.82 Å². The second kappa shape index (κ2) is 8.94. The Kier molecular flexibility index (Phi) is 5.92. The highest BCUT2D eigenvalue weighted by atomic mass is 19.3. The number of carbonyl (C=O) groups excluding carboxylic acids is 1. The molecule has 2 heterocycles. The Hall–Kier alpha value is -3.76. The van der Waals surface area contributed by atoms with E-state index in [0.29, 0.717) is 23.0 Å². The molecular formula is C20H18F2N4O5. The van der Waals surface area contributed by atoms with E-state index in [1.165, 1.54) is 31.5 Å². The molecule has 0 bridgehead atoms. The maximum Gasteiger partial charge on any atom is 0.387 e. The Morgan fingerprint density at radius 2 is 2.10 bits per heavy atom. The van der Waals surface area contributed by atoms with Crippen molar-refractivity contribution in [2.75, 3.05) is 12.4 Å². The van der Waals surface area contributed by atoms with E-state index in [1.807, 2.05) is 0 Å². The van der Waals surface area contributed by atoms with Gasteiger partial charge in [-0.2, -0.15) is 13.8 Å². The Labute approximate surface area is 175 Å². The van der Waals surface area contributed by atoms with Crippen molar-refractivity contribution in [3.63, 3.8) is 0 Å². The fourth-order valence-corrected chi connectivity index (χ4v) is 2.68. The molecule has 31 heavy (non-hydrogen) atoms. The molecule has 1 N–H and O–H groups in total. The zero-order chi connectivity index (χ0) is 21.8. The number of halogens is 2. The monoisotopic (exact) mass is 432 g/mol. The predicted octanol–water partition coefficient (Wildman–Crippen LogP) is 3.67. The minimum absolute atomic E-state index is 0.0650. The minimum Gasteiger partial charge on any atom is -0.493 e. The van der Waals surface area contributed by atoms with Crippen LogP contribution in [0.5, 0.6) is 11.5 Å². The lowest BCUT2D eigenvalue weighted by Crippen LogP contribution is -2.07. The number of methoxy groups -OCH3 is 1. The molecule has 0 spiro atoms. The predicted molar refractivity (Wildman–Crippen MR) is 103 cm³/mol. The number of hydrogen-bond acceptors (Lipinski definition) is 9. The fourth-order valence-electron chi connectivity index (χ4n) is 2.68. The first-order valence-electron chi connectivity index (χ1n) is 9.37. The van der Waals surface area contributed by atoms with Crippen LogP contribution in [-0.2, 0) is 11.3 Å². The normalized spacial score (nSPS) is 13.2. The third-order valence-corrected chi connectivity index (χ3v) is 4.36. The molecule has 3 aromatic rings. The summed E-state index contributed by atoms with van der Waals surface area (Å²) in [5.74, 6) is 0.329. The number of nitrogens with zero attached hydrogens (tertiary/aromatic N) is 3. The Balaban J connectivity index is 1.37. The van der Waals surface area contributed by atoms with Gasteiger partial charge in [-0.15, -0.1) is 0 Å². The van der Waals surface area contributed by atoms with Crippen molar-refractivity contribution in [1.82, 2.24) is 15.1 Å². The van der Waals surface area contributed by atoms with Gasteiger partial charge in [0, 0.05) is 17.8 Å². The first-order chi connectivity index (χ1) is 15.0. The summed E-state index contributed by atoms with van der Waals surface area (Å²) in [7, 11) is 1.32. The lowest BCUT2D eigenvalue weighted by Gasteiger charge is -2.10. The van der Waals surface area contributed by atoms with Crippen LogP contribution in [0.1, 0.15) is 29.1 Å². The number of benzene rings is 1. The Bertz CT molecular complexity index is 1050. The first kappa shape index (κ1) is 20.5. The average molecular weight is 432 g/mol. The number of anilines is 1. The molecule has 0 radical (unpaired) electrons. The first-order valence-corrected chi connectivity index (χ1v) is 9.37. The summed E-state index contributed by atoms with van der Waals surface area (Å²) in [6.07, 6.45) is 3.68. The maximum absolute atomic E-state index is 12.4. The van der Waals surface area contributed by atoms with Crippen molar-refractivity contribution in [3.8, 4) is 22.9 Å². The van der Waals surface area contributed by atoms with Crippen LogP contribution in [0.4, 0.5) is 14.6 Å². The van der Waals surface area contributed by atoms with E-state index in [-0.39, 0.29) is 29.8 Å². The number of alkyl halides is 2. The highest BCUT2D eigenvalue weighted by Gasteiger charge is 2.21. The van der Waals surface area contributed by atoms with E-state index >= 15 is 0 Å². The summed E-state index contributed by atoms with van der Waals surface area (Å²) in [5, 5.41) is 7.03. The summed E-state index contributed by atoms with van der Waals surface area (Å²) in [6.45, 7) is -3.22. The molecule has 2 aromatic heterocycles. The molecular weight excluding hydrogens is 414 g/mol. The number of ether oxygens (including phenoxy) is 3. The lowest BCUT2D eigenvalue weighted by atomic mass is 10.2. The molecule has 0 aliphatic heterocycles. The van der Waals surface area contributed by atoms with E-state index in [2.05, 4.69) is 25.2 Å². The summed E-state index contributed by atoms with van der Waals surface area (Å²) >= 11 is 0. The Morgan fingerprint density at radius 1 is 1.26 bits per heavy atom. The summed E-state index contributed by atoms with van der Waals surface area (Å²) in [4.78, 5) is 20.5. The van der Waals surface area contributed by atoms with E-state index in [0.717, 1.165) is 12.8 Å². The molecule has 1 fully saturated rings. The SMILES string of the molecule is COc1cc(-c2noc(COC(=O)c3ccc(NC4CC4)nc3)n2)ccc1OC(F)F. The van der Waals surface area contributed by atoms with E-state index in [1.54, 1.807) is 12.1 Å². The summed E-state index contributed by atoms with van der Waals surface area (Å²) < 4.78 is 44.6. The zero-order valence-corrected chi connectivity index (χ0v) is 16.4. The maximum atomic E-state index is 12.4.